The van der Waals surface area contributed by atoms with Crippen molar-refractivity contribution in [2.75, 3.05) is 0 Å². The van der Waals surface area contributed by atoms with Crippen LogP contribution in [0.5, 0.6) is 0 Å². The van der Waals surface area contributed by atoms with Gasteiger partial charge in [0.15, 0.2) is 0 Å². The van der Waals surface area contributed by atoms with Gasteiger partial charge in [0, 0.05) is 0 Å². The normalized spacial score (nSPS) is 9.50. The molecule has 0 bridgehead atoms. The summed E-state index contributed by atoms with van der Waals surface area (Å²) >= 11 is 0. The zero-order valence-electron chi connectivity index (χ0n) is 7.90. The molecule has 73 valence electrons. The number of hydrogen-bond acceptors (Lipinski definition) is 3. The van der Waals surface area contributed by atoms with Crippen molar-refractivity contribution in [3.05, 3.63) is 42.3 Å². The lowest BCUT2D eigenvalue weighted by molar-refractivity contribution is -0.134. The Morgan fingerprint density at radius 1 is 1.29 bits per heavy atom. The molecule has 0 saturated heterocycles. The fraction of sp³-hybridized carbons (Fsp3) is 0.182. The monoisotopic (exact) mass is 191 g/mol. The smallest absolute Gasteiger partial charge is 0.345 e. The SMILES string of the molecule is CC[CH]C(=O)OC(=O)c1ccccc1. The molecular weight excluding hydrogens is 180 g/mol. The Balaban J connectivity index is 2.55. The Kier molecular flexibility index (Phi) is 3.85. The molecule has 0 heterocycles. The van der Waals surface area contributed by atoms with Gasteiger partial charge in [-0.1, -0.05) is 25.1 Å². The van der Waals surface area contributed by atoms with E-state index >= 15 is 0 Å². The van der Waals surface area contributed by atoms with E-state index in [4.69, 9.17) is 0 Å². The second-order valence-corrected chi connectivity index (χ2v) is 2.69. The van der Waals surface area contributed by atoms with Gasteiger partial charge in [0.25, 0.3) is 0 Å². The van der Waals surface area contributed by atoms with Crippen molar-refractivity contribution in [3.63, 3.8) is 0 Å². The maximum absolute atomic E-state index is 11.3. The largest absolute Gasteiger partial charge is 0.389 e. The molecule has 3 heteroatoms. The molecule has 0 atom stereocenters. The van der Waals surface area contributed by atoms with Crippen molar-refractivity contribution in [1.82, 2.24) is 0 Å². The molecule has 0 fully saturated rings. The van der Waals surface area contributed by atoms with Crippen molar-refractivity contribution in [3.8, 4) is 0 Å². The van der Waals surface area contributed by atoms with Crippen molar-refractivity contribution < 1.29 is 14.3 Å². The fourth-order valence-corrected chi connectivity index (χ4v) is 0.933. The molecule has 1 aromatic carbocycles. The zero-order valence-corrected chi connectivity index (χ0v) is 7.90. The molecule has 0 N–H and O–H groups in total. The summed E-state index contributed by atoms with van der Waals surface area (Å²) in [5.74, 6) is -1.21. The van der Waals surface area contributed by atoms with E-state index in [0.29, 0.717) is 12.0 Å². The maximum atomic E-state index is 11.3. The van der Waals surface area contributed by atoms with E-state index in [0.717, 1.165) is 0 Å². The molecule has 0 saturated carbocycles. The lowest BCUT2D eigenvalue weighted by Crippen LogP contribution is -2.12. The van der Waals surface area contributed by atoms with Crippen LogP contribution in [0.25, 0.3) is 0 Å². The Labute approximate surface area is 82.7 Å². The van der Waals surface area contributed by atoms with Gasteiger partial charge in [-0.05, 0) is 18.6 Å². The second kappa shape index (κ2) is 5.17. The van der Waals surface area contributed by atoms with Gasteiger partial charge in [-0.15, -0.1) is 0 Å². The number of esters is 2. The van der Waals surface area contributed by atoms with E-state index in [1.165, 1.54) is 6.42 Å². The lowest BCUT2D eigenvalue weighted by Gasteiger charge is -2.00. The van der Waals surface area contributed by atoms with Crippen LogP contribution >= 0.6 is 0 Å². The molecule has 0 aliphatic rings. The number of carbonyl (C=O) groups is 2. The van der Waals surface area contributed by atoms with Crippen LogP contribution in [0.15, 0.2) is 30.3 Å². The number of hydrogen-bond donors (Lipinski definition) is 0. The van der Waals surface area contributed by atoms with E-state index in [-0.39, 0.29) is 0 Å². The van der Waals surface area contributed by atoms with Crippen molar-refractivity contribution in [1.29, 1.82) is 0 Å². The standard InChI is InChI=1S/C11H11O3/c1-2-6-10(12)14-11(13)9-7-4-3-5-8-9/h3-8H,2H2,1H3. The number of carbonyl (C=O) groups excluding carboxylic acids is 2. The van der Waals surface area contributed by atoms with Crippen molar-refractivity contribution >= 4 is 11.9 Å². The summed E-state index contributed by atoms with van der Waals surface area (Å²) in [6, 6.07) is 8.41. The van der Waals surface area contributed by atoms with Crippen LogP contribution in [0.1, 0.15) is 23.7 Å². The third-order valence-electron chi connectivity index (χ3n) is 1.57. The van der Waals surface area contributed by atoms with Crippen LogP contribution < -0.4 is 0 Å². The van der Waals surface area contributed by atoms with E-state index < -0.39 is 11.9 Å². The highest BCUT2D eigenvalue weighted by atomic mass is 16.6. The molecule has 0 amide bonds. The summed E-state index contributed by atoms with van der Waals surface area (Å²) in [6.45, 7) is 1.80. The topological polar surface area (TPSA) is 43.4 Å². The van der Waals surface area contributed by atoms with Gasteiger partial charge in [0.1, 0.15) is 0 Å². The van der Waals surface area contributed by atoms with Gasteiger partial charge in [0.05, 0.1) is 12.0 Å². The maximum Gasteiger partial charge on any atom is 0.345 e. The summed E-state index contributed by atoms with van der Waals surface area (Å²) < 4.78 is 4.54. The molecule has 1 radical (unpaired) electrons. The lowest BCUT2D eigenvalue weighted by atomic mass is 10.2. The van der Waals surface area contributed by atoms with E-state index in [1.807, 2.05) is 0 Å². The number of ether oxygens (including phenoxy) is 1. The van der Waals surface area contributed by atoms with Crippen LogP contribution in [0.4, 0.5) is 0 Å². The van der Waals surface area contributed by atoms with E-state index in [1.54, 1.807) is 37.3 Å². The minimum Gasteiger partial charge on any atom is -0.389 e. The quantitative estimate of drug-likeness (QED) is 0.542. The number of rotatable bonds is 3. The van der Waals surface area contributed by atoms with Crippen LogP contribution in [0.2, 0.25) is 0 Å². The first kappa shape index (κ1) is 10.4. The molecule has 1 aromatic rings. The highest BCUT2D eigenvalue weighted by Gasteiger charge is 2.11. The molecule has 0 aliphatic heterocycles. The predicted molar refractivity (Wildman–Crippen MR) is 51.5 cm³/mol. The first-order valence-corrected chi connectivity index (χ1v) is 4.38. The Bertz CT molecular complexity index is 317. The summed E-state index contributed by atoms with van der Waals surface area (Å²) in [5, 5.41) is 0. The highest BCUT2D eigenvalue weighted by Crippen LogP contribution is 2.02. The minimum absolute atomic E-state index is 0.380. The van der Waals surface area contributed by atoms with Crippen LogP contribution in [-0.4, -0.2) is 11.9 Å². The summed E-state index contributed by atoms with van der Waals surface area (Å²) in [5.41, 5.74) is 0.380. The molecule has 0 aliphatic carbocycles. The van der Waals surface area contributed by atoms with Gasteiger partial charge >= 0.3 is 11.9 Å². The third kappa shape index (κ3) is 3.01. The van der Waals surface area contributed by atoms with Gasteiger partial charge < -0.3 is 4.74 Å². The van der Waals surface area contributed by atoms with Crippen molar-refractivity contribution in [2.24, 2.45) is 0 Å². The summed E-state index contributed by atoms with van der Waals surface area (Å²) in [6.07, 6.45) is 1.88. The van der Waals surface area contributed by atoms with Gasteiger partial charge in [-0.3, -0.25) is 4.79 Å². The fourth-order valence-electron chi connectivity index (χ4n) is 0.933. The molecule has 1 rings (SSSR count). The molecule has 0 aromatic heterocycles. The molecule has 3 nitrogen and oxygen atoms in total. The van der Waals surface area contributed by atoms with Crippen molar-refractivity contribution in [2.45, 2.75) is 13.3 Å². The predicted octanol–water partition coefficient (Wildman–Crippen LogP) is 1.98. The Hall–Kier alpha value is -1.64. The molecule has 14 heavy (non-hydrogen) atoms. The van der Waals surface area contributed by atoms with Crippen LogP contribution in [0.3, 0.4) is 0 Å². The highest BCUT2D eigenvalue weighted by molar-refractivity contribution is 5.98. The molecule has 0 spiro atoms. The third-order valence-corrected chi connectivity index (χ3v) is 1.57. The van der Waals surface area contributed by atoms with E-state index in [2.05, 4.69) is 4.74 Å². The Morgan fingerprint density at radius 3 is 2.50 bits per heavy atom. The van der Waals surface area contributed by atoms with Gasteiger partial charge in [0.2, 0.25) is 0 Å². The summed E-state index contributed by atoms with van der Waals surface area (Å²) in [4.78, 5) is 22.2. The first-order valence-electron chi connectivity index (χ1n) is 4.38. The van der Waals surface area contributed by atoms with E-state index in [9.17, 15) is 9.59 Å². The minimum atomic E-state index is -0.611. The summed E-state index contributed by atoms with van der Waals surface area (Å²) in [7, 11) is 0. The second-order valence-electron chi connectivity index (χ2n) is 2.69. The van der Waals surface area contributed by atoms with Crippen LogP contribution in [0, 0.1) is 6.42 Å². The average Bonchev–Trinajstić information content (AvgIpc) is 2.19. The Morgan fingerprint density at radius 2 is 1.93 bits per heavy atom. The number of benzene rings is 1. The molecule has 0 unspecified atom stereocenters. The average molecular weight is 191 g/mol. The van der Waals surface area contributed by atoms with Gasteiger partial charge in [-0.2, -0.15) is 0 Å². The molecular formula is C11H11O3. The van der Waals surface area contributed by atoms with Gasteiger partial charge in [-0.25, -0.2) is 4.79 Å². The van der Waals surface area contributed by atoms with Crippen LogP contribution in [-0.2, 0) is 9.53 Å². The first-order chi connectivity index (χ1) is 6.74. The zero-order chi connectivity index (χ0) is 10.4.